The van der Waals surface area contributed by atoms with E-state index in [9.17, 15) is 27.0 Å². The Morgan fingerprint density at radius 1 is 0.545 bits per heavy atom. The van der Waals surface area contributed by atoms with Gasteiger partial charge < -0.3 is 28.5 Å². The second-order valence-electron chi connectivity index (χ2n) is 15.6. The number of ether oxygens (including phenoxy) is 2. The van der Waals surface area contributed by atoms with Crippen LogP contribution in [-0.4, -0.2) is 70.8 Å². The average molecular weight is 935 g/mol. The zero-order chi connectivity index (χ0) is 47.5. The van der Waals surface area contributed by atoms with Gasteiger partial charge in [-0.05, 0) is 124 Å². The molecule has 4 aromatic carbocycles. The topological polar surface area (TPSA) is 215 Å². The lowest BCUT2D eigenvalue weighted by atomic mass is 10.1. The van der Waals surface area contributed by atoms with Crippen molar-refractivity contribution in [1.29, 1.82) is 0 Å². The molecule has 0 aliphatic heterocycles. The van der Waals surface area contributed by atoms with Crippen molar-refractivity contribution in [1.82, 2.24) is 29.5 Å². The Kier molecular flexibility index (Phi) is 13.8. The Morgan fingerprint density at radius 2 is 0.924 bits per heavy atom. The number of aliphatic hydroxyl groups is 2. The first-order valence-electron chi connectivity index (χ1n) is 20.7. The highest BCUT2D eigenvalue weighted by atomic mass is 32.2. The molecule has 4 aromatic heterocycles. The molecule has 16 nitrogen and oxygen atoms in total. The number of aromatic nitrogens is 6. The van der Waals surface area contributed by atoms with E-state index < -0.39 is 43.4 Å². The Balaban J connectivity index is 0.000000196. The minimum atomic E-state index is -3.80. The lowest BCUT2D eigenvalue weighted by Crippen LogP contribution is -2.13. The van der Waals surface area contributed by atoms with Crippen molar-refractivity contribution in [2.45, 2.75) is 75.0 Å². The van der Waals surface area contributed by atoms with Gasteiger partial charge in [0.25, 0.3) is 0 Å². The maximum atomic E-state index is 13.3. The quantitative estimate of drug-likeness (QED) is 0.105. The van der Waals surface area contributed by atoms with Gasteiger partial charge in [-0.3, -0.25) is 9.13 Å². The van der Waals surface area contributed by atoms with Crippen molar-refractivity contribution in [3.63, 3.8) is 0 Å². The number of hydrogen-bond acceptors (Lipinski definition) is 14. The molecule has 0 spiro atoms. The fourth-order valence-corrected chi connectivity index (χ4v) is 9.92. The zero-order valence-electron chi connectivity index (χ0n) is 37.6. The third-order valence-electron chi connectivity index (χ3n) is 10.7. The minimum absolute atomic E-state index is 0.0996. The summed E-state index contributed by atoms with van der Waals surface area (Å²) in [4.78, 5) is 0.199. The molecule has 8 aromatic rings. The molecule has 0 saturated heterocycles. The number of benzene rings is 4. The van der Waals surface area contributed by atoms with Gasteiger partial charge in [-0.25, -0.2) is 16.8 Å². The molecule has 8 rings (SSSR count). The van der Waals surface area contributed by atoms with Gasteiger partial charge in [0.15, 0.2) is 42.8 Å². The highest BCUT2D eigenvalue weighted by Crippen LogP contribution is 2.36. The Morgan fingerprint density at radius 3 is 1.26 bits per heavy atom. The number of hydrogen-bond donors (Lipinski definition) is 2. The standard InChI is InChI=1S/2C24H25N3O5S/c2*1-15-7-5-10-20(31-4)23(15)27-22(25-26-24(27)21-12-11-16(2)32-21)14-33(29,30)19-9-6-8-18(13-19)17(3)28/h2*5-13,17,28H,14H2,1-4H3/t2*17-/m10/s1. The van der Waals surface area contributed by atoms with E-state index in [-0.39, 0.29) is 21.4 Å². The number of nitrogens with zero attached hydrogens (tertiary/aromatic N) is 6. The van der Waals surface area contributed by atoms with Gasteiger partial charge in [0.2, 0.25) is 11.6 Å². The second kappa shape index (κ2) is 19.3. The molecule has 0 unspecified atom stereocenters. The van der Waals surface area contributed by atoms with Gasteiger partial charge in [0.05, 0.1) is 47.6 Å². The van der Waals surface area contributed by atoms with Crippen LogP contribution in [0.15, 0.2) is 128 Å². The van der Waals surface area contributed by atoms with Crippen LogP contribution in [0.2, 0.25) is 0 Å². The number of sulfone groups is 2. The maximum Gasteiger partial charge on any atom is 0.204 e. The molecule has 2 N–H and O–H groups in total. The van der Waals surface area contributed by atoms with Crippen LogP contribution in [0, 0.1) is 27.7 Å². The Hall–Kier alpha value is -6.86. The van der Waals surface area contributed by atoms with E-state index in [0.29, 0.717) is 68.7 Å². The van der Waals surface area contributed by atoms with Gasteiger partial charge in [0, 0.05) is 0 Å². The van der Waals surface area contributed by atoms with Crippen molar-refractivity contribution in [3.05, 3.63) is 155 Å². The van der Waals surface area contributed by atoms with Crippen LogP contribution in [0.4, 0.5) is 0 Å². The monoisotopic (exact) mass is 934 g/mol. The predicted molar refractivity (Wildman–Crippen MR) is 246 cm³/mol. The number of aryl methyl sites for hydroxylation is 4. The summed E-state index contributed by atoms with van der Waals surface area (Å²) in [7, 11) is -4.50. The molecule has 0 bridgehead atoms. The zero-order valence-corrected chi connectivity index (χ0v) is 39.3. The predicted octanol–water partition coefficient (Wildman–Crippen LogP) is 8.36. The molecule has 18 heteroatoms. The third-order valence-corrected chi connectivity index (χ3v) is 13.9. The van der Waals surface area contributed by atoms with E-state index in [1.165, 1.54) is 24.3 Å². The Labute approximate surface area is 383 Å². The molecule has 0 aliphatic rings. The lowest BCUT2D eigenvalue weighted by Gasteiger charge is -2.16. The van der Waals surface area contributed by atoms with Crippen molar-refractivity contribution in [3.8, 4) is 46.0 Å². The second-order valence-corrected chi connectivity index (χ2v) is 19.6. The summed E-state index contributed by atoms with van der Waals surface area (Å²) in [5.41, 5.74) is 4.02. The first-order chi connectivity index (χ1) is 31.4. The molecule has 0 aliphatic carbocycles. The fourth-order valence-electron chi connectivity index (χ4n) is 7.33. The van der Waals surface area contributed by atoms with Crippen molar-refractivity contribution >= 4 is 19.7 Å². The fraction of sp³-hybridized carbons (Fsp3) is 0.250. The first-order valence-corrected chi connectivity index (χ1v) is 24.0. The number of aliphatic hydroxyl groups excluding tert-OH is 2. The van der Waals surface area contributed by atoms with Crippen LogP contribution in [0.5, 0.6) is 11.5 Å². The van der Waals surface area contributed by atoms with Crippen molar-refractivity contribution in [2.75, 3.05) is 14.2 Å². The molecule has 4 heterocycles. The van der Waals surface area contributed by atoms with Gasteiger partial charge >= 0.3 is 0 Å². The summed E-state index contributed by atoms with van der Waals surface area (Å²) in [6.45, 7) is 10.6. The van der Waals surface area contributed by atoms with Crippen LogP contribution in [0.25, 0.3) is 34.5 Å². The molecule has 0 fully saturated rings. The van der Waals surface area contributed by atoms with Crippen molar-refractivity contribution < 1.29 is 45.4 Å². The van der Waals surface area contributed by atoms with Crippen LogP contribution >= 0.6 is 0 Å². The van der Waals surface area contributed by atoms with Gasteiger partial charge in [-0.15, -0.1) is 20.4 Å². The van der Waals surface area contributed by atoms with Crippen LogP contribution in [-0.2, 0) is 31.2 Å². The van der Waals surface area contributed by atoms with Crippen LogP contribution in [0.3, 0.4) is 0 Å². The summed E-state index contributed by atoms with van der Waals surface area (Å²) in [5.74, 6) is 3.79. The summed E-state index contributed by atoms with van der Waals surface area (Å²) >= 11 is 0. The van der Waals surface area contributed by atoms with Crippen LogP contribution < -0.4 is 9.47 Å². The largest absolute Gasteiger partial charge is 0.495 e. The molecule has 2 atom stereocenters. The number of furan rings is 2. The summed E-state index contributed by atoms with van der Waals surface area (Å²) < 4.78 is 79.4. The van der Waals surface area contributed by atoms with Gasteiger partial charge in [-0.2, -0.15) is 0 Å². The maximum absolute atomic E-state index is 13.3. The van der Waals surface area contributed by atoms with Gasteiger partial charge in [-0.1, -0.05) is 48.5 Å². The highest BCUT2D eigenvalue weighted by molar-refractivity contribution is 7.91. The molecular weight excluding hydrogens is 885 g/mol. The van der Waals surface area contributed by atoms with Crippen molar-refractivity contribution in [2.24, 2.45) is 0 Å². The first kappa shape index (κ1) is 47.1. The van der Waals surface area contributed by atoms with E-state index in [1.54, 1.807) is 97.9 Å². The summed E-state index contributed by atoms with van der Waals surface area (Å²) in [6.07, 6.45) is -1.57. The normalized spacial score (nSPS) is 12.6. The minimum Gasteiger partial charge on any atom is -0.495 e. The molecule has 0 amide bonds. The third kappa shape index (κ3) is 9.86. The van der Waals surface area contributed by atoms with E-state index in [4.69, 9.17) is 18.3 Å². The van der Waals surface area contributed by atoms with Crippen LogP contribution in [0.1, 0.15) is 71.5 Å². The van der Waals surface area contributed by atoms with E-state index in [2.05, 4.69) is 20.4 Å². The van der Waals surface area contributed by atoms with E-state index in [1.807, 2.05) is 52.0 Å². The molecule has 0 saturated carbocycles. The SMILES string of the molecule is COc1cccc(C)c1-n1c(CS(=O)(=O)c2cccc([C@@H](C)O)c2)nnc1-c1ccc(C)o1.COc1cccc(C)c1-n1c(CS(=O)(=O)c2cccc([C@H](C)O)c2)nnc1-c1ccc(C)o1. The van der Waals surface area contributed by atoms with E-state index in [0.717, 1.165) is 11.1 Å². The number of methoxy groups -OCH3 is 2. The Bertz CT molecular complexity index is 3020. The summed E-state index contributed by atoms with van der Waals surface area (Å²) in [5, 5.41) is 36.8. The van der Waals surface area contributed by atoms with E-state index >= 15 is 0 Å². The average Bonchev–Trinajstić information content (AvgIpc) is 4.11. The highest BCUT2D eigenvalue weighted by Gasteiger charge is 2.29. The lowest BCUT2D eigenvalue weighted by molar-refractivity contribution is 0.198. The molecule has 344 valence electrons. The molecular formula is C48H50N6O10S2. The van der Waals surface area contributed by atoms with Gasteiger partial charge in [0.1, 0.15) is 34.5 Å². The molecule has 0 radical (unpaired) electrons. The summed E-state index contributed by atoms with van der Waals surface area (Å²) in [6, 6.07) is 30.8. The number of para-hydroxylation sites is 2. The smallest absolute Gasteiger partial charge is 0.204 e. The number of rotatable bonds is 14. The molecule has 66 heavy (non-hydrogen) atoms.